The van der Waals surface area contributed by atoms with Crippen LogP contribution in [0.4, 0.5) is 9.59 Å². The number of amides is 4. The van der Waals surface area contributed by atoms with Gasteiger partial charge < -0.3 is 48.9 Å². The van der Waals surface area contributed by atoms with Crippen LogP contribution in [0.1, 0.15) is 66.4 Å². The second kappa shape index (κ2) is 25.7. The molecule has 4 amide bonds. The Morgan fingerprint density at radius 3 is 1.58 bits per heavy atom. The fourth-order valence-corrected chi connectivity index (χ4v) is 7.95. The predicted molar refractivity (Wildman–Crippen MR) is 219 cm³/mol. The van der Waals surface area contributed by atoms with Gasteiger partial charge in [-0.1, -0.05) is 10.4 Å². The van der Waals surface area contributed by atoms with Crippen molar-refractivity contribution in [3.8, 4) is 0 Å². The van der Waals surface area contributed by atoms with Crippen LogP contribution in [0.15, 0.2) is 12.4 Å². The molecule has 2 fully saturated rings. The van der Waals surface area contributed by atoms with E-state index in [-0.39, 0.29) is 118 Å². The Morgan fingerprint density at radius 1 is 0.754 bits per heavy atom. The summed E-state index contributed by atoms with van der Waals surface area (Å²) in [4.78, 5) is 93.2. The van der Waals surface area contributed by atoms with Gasteiger partial charge in [-0.3, -0.25) is 28.8 Å². The number of carbonyl (C=O) groups excluding carboxylic acids is 8. The molecule has 0 aromatic carbocycles. The van der Waals surface area contributed by atoms with E-state index in [2.05, 4.69) is 46.0 Å². The molecule has 2 aromatic rings. The van der Waals surface area contributed by atoms with Crippen LogP contribution in [-0.4, -0.2) is 169 Å². The Labute approximate surface area is 425 Å². The van der Waals surface area contributed by atoms with Crippen molar-refractivity contribution in [1.29, 1.82) is 0 Å². The van der Waals surface area contributed by atoms with E-state index in [0.29, 0.717) is 11.4 Å². The van der Waals surface area contributed by atoms with Crippen molar-refractivity contribution in [2.75, 3.05) is 50.3 Å². The first kappa shape index (κ1) is 57.0. The van der Waals surface area contributed by atoms with E-state index in [1.54, 1.807) is 41.5 Å². The molecule has 4 atom stereocenters. The minimum absolute atomic E-state index is 0. The van der Waals surface area contributed by atoms with E-state index in [4.69, 9.17) is 18.9 Å². The number of alkyl carbamates (subject to hydrolysis) is 2. The van der Waals surface area contributed by atoms with Crippen molar-refractivity contribution >= 4 is 81.7 Å². The number of hydrogen-bond donors (Lipinski definition) is 3. The quantitative estimate of drug-likeness (QED) is 0.0397. The summed E-state index contributed by atoms with van der Waals surface area (Å²) < 4.78 is 66.0. The van der Waals surface area contributed by atoms with Crippen LogP contribution in [0.5, 0.6) is 0 Å². The summed E-state index contributed by atoms with van der Waals surface area (Å²) in [6, 6.07) is -3.01. The SMILES string of the molecule is COC(=O)CSC[C@@H]1NC(=O)[C@H]1n1cc(COC(=O)CNC(=O)OC(C)(C)C)nn1.COC(=O)CSC[C@H]1[C@H](n2cc(COC(=O)CNC(=O)OC(C)(C)C)nn2)C(=O)N1S(=O)(=O)[O-].[HH].[K+]. The van der Waals surface area contributed by atoms with E-state index in [1.165, 1.54) is 43.1 Å². The van der Waals surface area contributed by atoms with Gasteiger partial charge in [-0.05, 0) is 41.5 Å². The maximum Gasteiger partial charge on any atom is 1.00 e. The van der Waals surface area contributed by atoms with Crippen LogP contribution in [0.2, 0.25) is 0 Å². The van der Waals surface area contributed by atoms with Crippen molar-refractivity contribution in [1.82, 2.24) is 50.2 Å². The predicted octanol–water partition coefficient (Wildman–Crippen LogP) is -3.99. The maximum absolute atomic E-state index is 12.3. The van der Waals surface area contributed by atoms with E-state index < -0.39 is 82.2 Å². The molecule has 2 aromatic heterocycles. The number of hydrogen-bond acceptors (Lipinski definition) is 23. The second-order valence-electron chi connectivity index (χ2n) is 15.3. The van der Waals surface area contributed by atoms with E-state index in [1.807, 2.05) is 0 Å². The molecule has 2 aliphatic rings. The molecule has 4 rings (SSSR count). The zero-order valence-electron chi connectivity index (χ0n) is 36.9. The number of esters is 4. The van der Waals surface area contributed by atoms with Crippen LogP contribution in [0.25, 0.3) is 0 Å². The summed E-state index contributed by atoms with van der Waals surface area (Å²) >= 11 is 2.31. The zero-order valence-corrected chi connectivity index (χ0v) is 42.5. The number of aromatic nitrogens is 6. The van der Waals surface area contributed by atoms with Gasteiger partial charge in [-0.2, -0.15) is 0 Å². The Bertz CT molecular complexity index is 2130. The Kier molecular flexibility index (Phi) is 22.5. The van der Waals surface area contributed by atoms with Crippen LogP contribution in [0, 0.1) is 0 Å². The third-order valence-corrected chi connectivity index (χ3v) is 10.8. The molecule has 65 heavy (non-hydrogen) atoms. The van der Waals surface area contributed by atoms with Gasteiger partial charge in [-0.25, -0.2) is 31.7 Å². The van der Waals surface area contributed by atoms with Gasteiger partial charge in [0.05, 0.1) is 50.2 Å². The summed E-state index contributed by atoms with van der Waals surface area (Å²) in [5.41, 5.74) is -0.929. The van der Waals surface area contributed by atoms with E-state index in [9.17, 15) is 51.3 Å². The summed E-state index contributed by atoms with van der Waals surface area (Å²) in [5.74, 6) is -3.07. The van der Waals surface area contributed by atoms with Gasteiger partial charge in [0.15, 0.2) is 22.4 Å². The monoisotopic (exact) mass is 1010 g/mol. The molecule has 0 bridgehead atoms. The van der Waals surface area contributed by atoms with Gasteiger partial charge in [0.2, 0.25) is 5.91 Å². The van der Waals surface area contributed by atoms with Crippen LogP contribution >= 0.6 is 23.5 Å². The molecule has 27 nitrogen and oxygen atoms in total. The number of ether oxygens (including phenoxy) is 6. The molecule has 358 valence electrons. The van der Waals surface area contributed by atoms with Crippen molar-refractivity contribution < 1.29 is 133 Å². The number of nitrogens with one attached hydrogen (secondary N) is 3. The molecule has 0 unspecified atom stereocenters. The molecule has 0 aliphatic carbocycles. The Balaban J connectivity index is 0.000000645. The fraction of sp³-hybridized carbons (Fsp3) is 0.647. The molecule has 31 heteroatoms. The first-order chi connectivity index (χ1) is 29.8. The van der Waals surface area contributed by atoms with Crippen molar-refractivity contribution in [3.63, 3.8) is 0 Å². The average molecular weight is 1010 g/mol. The van der Waals surface area contributed by atoms with Crippen molar-refractivity contribution in [3.05, 3.63) is 23.8 Å². The van der Waals surface area contributed by atoms with Crippen LogP contribution in [0.3, 0.4) is 0 Å². The van der Waals surface area contributed by atoms with Gasteiger partial charge in [-0.15, -0.1) is 33.7 Å². The maximum atomic E-state index is 12.3. The minimum Gasteiger partial charge on any atom is -0.731 e. The molecule has 4 heterocycles. The topological polar surface area (TPSA) is 350 Å². The van der Waals surface area contributed by atoms with Gasteiger partial charge in [0.1, 0.15) is 48.9 Å². The largest absolute Gasteiger partial charge is 1.00 e. The van der Waals surface area contributed by atoms with Crippen LogP contribution < -0.4 is 67.3 Å². The first-order valence-corrected chi connectivity index (χ1v) is 22.4. The number of β-lactam (4-membered cyclic amide) rings is 2. The number of thioether (sulfide) groups is 2. The third-order valence-electron chi connectivity index (χ3n) is 7.83. The molecule has 0 radical (unpaired) electrons. The number of rotatable bonds is 19. The Morgan fingerprint density at radius 2 is 1.18 bits per heavy atom. The Hall–Kier alpha value is -4.11. The van der Waals surface area contributed by atoms with Gasteiger partial charge in [0.25, 0.3) is 5.91 Å². The second-order valence-corrected chi connectivity index (χ2v) is 18.6. The van der Waals surface area contributed by atoms with Crippen LogP contribution in [-0.2, 0) is 80.7 Å². The number of nitrogens with zero attached hydrogens (tertiary/aromatic N) is 7. The smallest absolute Gasteiger partial charge is 0.731 e. The summed E-state index contributed by atoms with van der Waals surface area (Å²) in [6.07, 6.45) is 1.24. The number of carbonyl (C=O) groups is 8. The average Bonchev–Trinajstić information content (AvgIpc) is 3.84. The molecule has 0 spiro atoms. The standard InChI is InChI=1S/C17H25N5O10S2.C17H25N5O7S.K.H2/c1-17(2,3)32-16(26)18-5-12(23)31-7-10-6-21(20-19-10)14-11(8-33-9-13(24)30-4)22(15(14)25)34(27,28)29;1-17(2,3)29-16(26)18-5-12(23)28-7-10-6-22(21-20-10)14-11(19-15(14)25)8-30-9-13(24)27-4;;/h6,11,14H,5,7-9H2,1-4H3,(H,18,26)(H,27,28,29);6,11,14H,5,7-9H2,1-4H3,(H,18,26)(H,19,25);;1H/q;;+1;/p-1/t2*11-,14-;;/m00../s1. The third kappa shape index (κ3) is 19.3. The number of methoxy groups -OCH3 is 2. The molecular weight excluding hydrogens is 956 g/mol. The molecule has 3 N–H and O–H groups in total. The summed E-state index contributed by atoms with van der Waals surface area (Å²) in [7, 11) is -2.57. The first-order valence-electron chi connectivity index (χ1n) is 18.8. The molecular formula is C34H51KN10O17S3. The molecule has 2 saturated heterocycles. The molecule has 0 saturated carbocycles. The van der Waals surface area contributed by atoms with Gasteiger partial charge >= 0.3 is 87.4 Å². The zero-order chi connectivity index (χ0) is 48.0. The van der Waals surface area contributed by atoms with Crippen molar-refractivity contribution in [2.24, 2.45) is 0 Å². The van der Waals surface area contributed by atoms with E-state index in [0.717, 1.165) is 16.4 Å². The molecule has 2 aliphatic heterocycles. The van der Waals surface area contributed by atoms with Crippen molar-refractivity contribution in [2.45, 2.75) is 90.1 Å². The fourth-order valence-electron chi connectivity index (χ4n) is 5.11. The summed E-state index contributed by atoms with van der Waals surface area (Å²) in [5, 5.41) is 22.6. The minimum atomic E-state index is -5.07. The van der Waals surface area contributed by atoms with Gasteiger partial charge in [0, 0.05) is 12.9 Å². The normalized spacial score (nSPS) is 17.8. The van der Waals surface area contributed by atoms with E-state index >= 15 is 0 Å². The summed E-state index contributed by atoms with van der Waals surface area (Å²) in [6.45, 7) is 8.79.